The van der Waals surface area contributed by atoms with E-state index in [0.29, 0.717) is 27.9 Å². The molecule has 2 aromatic rings. The van der Waals surface area contributed by atoms with Crippen LogP contribution >= 0.6 is 11.6 Å². The van der Waals surface area contributed by atoms with E-state index in [1.807, 2.05) is 6.07 Å². The number of nitrogens with zero attached hydrogens (tertiary/aromatic N) is 2. The van der Waals surface area contributed by atoms with Crippen molar-refractivity contribution in [2.24, 2.45) is 0 Å². The third kappa shape index (κ3) is 2.65. The van der Waals surface area contributed by atoms with E-state index < -0.39 is 0 Å². The lowest BCUT2D eigenvalue weighted by atomic mass is 10.2. The molecule has 5 heteroatoms. The van der Waals surface area contributed by atoms with E-state index in [1.54, 1.807) is 36.4 Å². The van der Waals surface area contributed by atoms with Crippen molar-refractivity contribution in [1.82, 2.24) is 4.98 Å². The number of nitrogens with one attached hydrogen (secondary N) is 1. The van der Waals surface area contributed by atoms with E-state index in [4.69, 9.17) is 22.6 Å². The number of pyridine rings is 1. The fourth-order valence-electron chi connectivity index (χ4n) is 1.35. The summed E-state index contributed by atoms with van der Waals surface area (Å²) in [5, 5.41) is 12.3. The van der Waals surface area contributed by atoms with E-state index in [-0.39, 0.29) is 0 Å². The summed E-state index contributed by atoms with van der Waals surface area (Å²) in [6.45, 7) is 0. The summed E-state index contributed by atoms with van der Waals surface area (Å²) in [6.07, 6.45) is 0. The van der Waals surface area contributed by atoms with E-state index in [0.717, 1.165) is 0 Å². The Morgan fingerprint density at radius 3 is 2.82 bits per heavy atom. The van der Waals surface area contributed by atoms with Gasteiger partial charge in [0.05, 0.1) is 22.3 Å². The summed E-state index contributed by atoms with van der Waals surface area (Å²) in [4.78, 5) is 4.09. The number of hydrogen-bond donors (Lipinski definition) is 2. The molecule has 84 valence electrons. The highest BCUT2D eigenvalue weighted by molar-refractivity contribution is 6.33. The first-order valence-electron chi connectivity index (χ1n) is 4.88. The molecule has 0 aliphatic rings. The first-order valence-corrected chi connectivity index (χ1v) is 5.26. The van der Waals surface area contributed by atoms with Crippen LogP contribution < -0.4 is 11.1 Å². The number of nitrogen functional groups attached to an aromatic ring is 1. The molecule has 4 nitrogen and oxygen atoms in total. The standard InChI is InChI=1S/C12H9ClN4/c13-9-5-4-8(7-14)6-10(9)16-12-3-1-2-11(15)17-12/h1-6H,(H3,15,16,17). The van der Waals surface area contributed by atoms with Crippen LogP contribution in [0.25, 0.3) is 0 Å². The molecule has 17 heavy (non-hydrogen) atoms. The van der Waals surface area contributed by atoms with Gasteiger partial charge < -0.3 is 11.1 Å². The van der Waals surface area contributed by atoms with Gasteiger partial charge in [-0.05, 0) is 30.3 Å². The van der Waals surface area contributed by atoms with Crippen molar-refractivity contribution in [1.29, 1.82) is 5.26 Å². The minimum Gasteiger partial charge on any atom is -0.384 e. The lowest BCUT2D eigenvalue weighted by molar-refractivity contribution is 1.31. The van der Waals surface area contributed by atoms with Crippen LogP contribution in [0, 0.1) is 11.3 Å². The maximum absolute atomic E-state index is 8.81. The Balaban J connectivity index is 2.33. The molecule has 1 aromatic heterocycles. The van der Waals surface area contributed by atoms with Crippen molar-refractivity contribution in [3.8, 4) is 6.07 Å². The van der Waals surface area contributed by atoms with Gasteiger partial charge in [0.25, 0.3) is 0 Å². The zero-order chi connectivity index (χ0) is 12.3. The number of rotatable bonds is 2. The van der Waals surface area contributed by atoms with Crippen molar-refractivity contribution in [3.05, 3.63) is 47.0 Å². The number of nitriles is 1. The molecule has 0 fully saturated rings. The molecule has 0 radical (unpaired) electrons. The van der Waals surface area contributed by atoms with Crippen molar-refractivity contribution < 1.29 is 0 Å². The molecule has 0 unspecified atom stereocenters. The highest BCUT2D eigenvalue weighted by Crippen LogP contribution is 2.25. The van der Waals surface area contributed by atoms with Crippen molar-refractivity contribution in [2.75, 3.05) is 11.1 Å². The van der Waals surface area contributed by atoms with Gasteiger partial charge in [0.1, 0.15) is 11.6 Å². The number of hydrogen-bond acceptors (Lipinski definition) is 4. The molecule has 0 spiro atoms. The van der Waals surface area contributed by atoms with Crippen molar-refractivity contribution >= 4 is 28.9 Å². The molecule has 0 bridgehead atoms. The quantitative estimate of drug-likeness (QED) is 0.852. The Morgan fingerprint density at radius 1 is 1.29 bits per heavy atom. The zero-order valence-electron chi connectivity index (χ0n) is 8.81. The van der Waals surface area contributed by atoms with Crippen LogP contribution in [-0.2, 0) is 0 Å². The predicted molar refractivity (Wildman–Crippen MR) is 68.1 cm³/mol. The second kappa shape index (κ2) is 4.73. The summed E-state index contributed by atoms with van der Waals surface area (Å²) < 4.78 is 0. The zero-order valence-corrected chi connectivity index (χ0v) is 9.57. The fourth-order valence-corrected chi connectivity index (χ4v) is 1.51. The monoisotopic (exact) mass is 244 g/mol. The second-order valence-electron chi connectivity index (χ2n) is 3.38. The summed E-state index contributed by atoms with van der Waals surface area (Å²) in [5.41, 5.74) is 6.73. The van der Waals surface area contributed by atoms with Crippen LogP contribution in [0.15, 0.2) is 36.4 Å². The minimum atomic E-state index is 0.419. The van der Waals surface area contributed by atoms with Crippen LogP contribution in [0.5, 0.6) is 0 Å². The minimum absolute atomic E-state index is 0.419. The first-order chi connectivity index (χ1) is 8.19. The number of halogens is 1. The molecule has 0 amide bonds. The Labute approximate surface area is 104 Å². The lowest BCUT2D eigenvalue weighted by Gasteiger charge is -2.08. The Hall–Kier alpha value is -2.25. The number of nitrogens with two attached hydrogens (primary N) is 1. The maximum Gasteiger partial charge on any atom is 0.132 e. The molecule has 0 saturated carbocycles. The highest BCUT2D eigenvalue weighted by Gasteiger charge is 2.03. The van der Waals surface area contributed by atoms with Crippen molar-refractivity contribution in [3.63, 3.8) is 0 Å². The van der Waals surface area contributed by atoms with Gasteiger partial charge in [-0.1, -0.05) is 17.7 Å². The van der Waals surface area contributed by atoms with E-state index in [9.17, 15) is 0 Å². The van der Waals surface area contributed by atoms with Crippen LogP contribution in [-0.4, -0.2) is 4.98 Å². The van der Waals surface area contributed by atoms with Gasteiger partial charge in [0.15, 0.2) is 0 Å². The van der Waals surface area contributed by atoms with Crippen LogP contribution in [0.2, 0.25) is 5.02 Å². The number of benzene rings is 1. The number of aromatic nitrogens is 1. The molecule has 0 aliphatic carbocycles. The highest BCUT2D eigenvalue weighted by atomic mass is 35.5. The first kappa shape index (κ1) is 11.2. The van der Waals surface area contributed by atoms with Gasteiger partial charge in [0, 0.05) is 0 Å². The SMILES string of the molecule is N#Cc1ccc(Cl)c(Nc2cccc(N)n2)c1. The van der Waals surface area contributed by atoms with Crippen molar-refractivity contribution in [2.45, 2.75) is 0 Å². The van der Waals surface area contributed by atoms with Crippen LogP contribution in [0.1, 0.15) is 5.56 Å². The molecule has 3 N–H and O–H groups in total. The van der Waals surface area contributed by atoms with Gasteiger partial charge >= 0.3 is 0 Å². The Morgan fingerprint density at radius 2 is 2.12 bits per heavy atom. The average Bonchev–Trinajstić information content (AvgIpc) is 2.32. The Kier molecular flexibility index (Phi) is 3.12. The molecular weight excluding hydrogens is 236 g/mol. The van der Waals surface area contributed by atoms with Crippen LogP contribution in [0.4, 0.5) is 17.3 Å². The molecule has 2 rings (SSSR count). The summed E-state index contributed by atoms with van der Waals surface area (Å²) in [7, 11) is 0. The molecule has 1 aromatic carbocycles. The Bertz CT molecular complexity index is 589. The van der Waals surface area contributed by atoms with E-state index in [2.05, 4.69) is 10.3 Å². The normalized spacial score (nSPS) is 9.65. The maximum atomic E-state index is 8.81. The van der Waals surface area contributed by atoms with Gasteiger partial charge in [-0.25, -0.2) is 4.98 Å². The molecule has 0 atom stereocenters. The van der Waals surface area contributed by atoms with Gasteiger partial charge in [0.2, 0.25) is 0 Å². The van der Waals surface area contributed by atoms with Gasteiger partial charge in [-0.3, -0.25) is 0 Å². The van der Waals surface area contributed by atoms with Gasteiger partial charge in [-0.2, -0.15) is 5.26 Å². The van der Waals surface area contributed by atoms with Gasteiger partial charge in [-0.15, -0.1) is 0 Å². The van der Waals surface area contributed by atoms with Crippen LogP contribution in [0.3, 0.4) is 0 Å². The fraction of sp³-hybridized carbons (Fsp3) is 0. The second-order valence-corrected chi connectivity index (χ2v) is 3.79. The summed E-state index contributed by atoms with van der Waals surface area (Å²) in [5.74, 6) is 1.00. The third-order valence-electron chi connectivity index (χ3n) is 2.13. The summed E-state index contributed by atoms with van der Waals surface area (Å²) >= 11 is 6.01. The van der Waals surface area contributed by atoms with E-state index >= 15 is 0 Å². The molecule has 1 heterocycles. The molecule has 0 saturated heterocycles. The number of anilines is 3. The molecule has 0 aliphatic heterocycles. The van der Waals surface area contributed by atoms with E-state index in [1.165, 1.54) is 0 Å². The smallest absolute Gasteiger partial charge is 0.132 e. The lowest BCUT2D eigenvalue weighted by Crippen LogP contribution is -1.97. The third-order valence-corrected chi connectivity index (χ3v) is 2.46. The average molecular weight is 245 g/mol. The topological polar surface area (TPSA) is 74.7 Å². The summed E-state index contributed by atoms with van der Waals surface area (Å²) in [6, 6.07) is 12.3. The largest absolute Gasteiger partial charge is 0.384 e. The predicted octanol–water partition coefficient (Wildman–Crippen LogP) is 2.93. The molecular formula is C12H9ClN4.